The van der Waals surface area contributed by atoms with E-state index in [2.05, 4.69) is 14.9 Å². The molecule has 6 nitrogen and oxygen atoms in total. The van der Waals surface area contributed by atoms with Gasteiger partial charge in [-0.2, -0.15) is 0 Å². The fraction of sp³-hybridized carbons (Fsp3) is 0.688. The first kappa shape index (κ1) is 16.5. The van der Waals surface area contributed by atoms with Crippen LogP contribution in [0.25, 0.3) is 0 Å². The molecule has 1 aromatic rings. The number of hydrogen-bond donors (Lipinski definition) is 0. The molecule has 6 heteroatoms. The molecular formula is C16H26N4O2. The molecule has 0 radical (unpaired) electrons. The summed E-state index contributed by atoms with van der Waals surface area (Å²) < 4.78 is 5.43. The number of rotatable bonds is 2. The van der Waals surface area contributed by atoms with Gasteiger partial charge >= 0.3 is 6.09 Å². The molecule has 1 saturated heterocycles. The van der Waals surface area contributed by atoms with E-state index in [0.29, 0.717) is 0 Å². The van der Waals surface area contributed by atoms with E-state index < -0.39 is 5.60 Å². The molecule has 0 aromatic carbocycles. The maximum Gasteiger partial charge on any atom is 0.410 e. The van der Waals surface area contributed by atoms with Crippen molar-refractivity contribution in [1.29, 1.82) is 0 Å². The van der Waals surface area contributed by atoms with E-state index in [1.165, 1.54) is 0 Å². The Morgan fingerprint density at radius 1 is 1.36 bits per heavy atom. The lowest BCUT2D eigenvalue weighted by Crippen LogP contribution is -2.42. The van der Waals surface area contributed by atoms with Crippen LogP contribution >= 0.6 is 0 Å². The number of likely N-dealkylation sites (N-methyl/N-ethyl adjacent to an activating group) is 1. The summed E-state index contributed by atoms with van der Waals surface area (Å²) in [7, 11) is 1.80. The lowest BCUT2D eigenvalue weighted by atomic mass is 10.2. The van der Waals surface area contributed by atoms with Crippen molar-refractivity contribution in [3.8, 4) is 0 Å². The summed E-state index contributed by atoms with van der Waals surface area (Å²) in [4.78, 5) is 24.9. The second kappa shape index (κ2) is 6.10. The van der Waals surface area contributed by atoms with E-state index in [1.54, 1.807) is 11.9 Å². The molecule has 122 valence electrons. The number of amides is 1. The highest BCUT2D eigenvalue weighted by atomic mass is 16.6. The lowest BCUT2D eigenvalue weighted by molar-refractivity contribution is 0.0238. The van der Waals surface area contributed by atoms with Gasteiger partial charge in [0, 0.05) is 31.9 Å². The van der Waals surface area contributed by atoms with Gasteiger partial charge in [-0.15, -0.1) is 0 Å². The van der Waals surface area contributed by atoms with Gasteiger partial charge in [0.15, 0.2) is 0 Å². The van der Waals surface area contributed by atoms with E-state index in [-0.39, 0.29) is 12.1 Å². The lowest BCUT2D eigenvalue weighted by Gasteiger charge is -2.28. The molecule has 2 heterocycles. The van der Waals surface area contributed by atoms with Crippen molar-refractivity contribution in [2.75, 3.05) is 25.0 Å². The van der Waals surface area contributed by atoms with Crippen LogP contribution in [0, 0.1) is 13.8 Å². The predicted octanol–water partition coefficient (Wildman–Crippen LogP) is 2.54. The molecule has 0 unspecified atom stereocenters. The van der Waals surface area contributed by atoms with E-state index in [4.69, 9.17) is 4.74 Å². The van der Waals surface area contributed by atoms with Crippen molar-refractivity contribution in [1.82, 2.24) is 14.9 Å². The molecule has 1 amide bonds. The molecule has 1 atom stereocenters. The van der Waals surface area contributed by atoms with Crippen LogP contribution in [0.5, 0.6) is 0 Å². The van der Waals surface area contributed by atoms with Crippen LogP contribution in [0.1, 0.15) is 38.7 Å². The molecule has 0 bridgehead atoms. The topological polar surface area (TPSA) is 58.6 Å². The van der Waals surface area contributed by atoms with Crippen LogP contribution < -0.4 is 4.90 Å². The Morgan fingerprint density at radius 3 is 2.64 bits per heavy atom. The van der Waals surface area contributed by atoms with E-state index >= 15 is 0 Å². The summed E-state index contributed by atoms with van der Waals surface area (Å²) in [5, 5.41) is 0. The SMILES string of the molecule is Cc1cc(N2CC[C@H](N(C)C(=O)OC(C)(C)C)C2)nc(C)n1. The molecule has 0 saturated carbocycles. The highest BCUT2D eigenvalue weighted by molar-refractivity contribution is 5.68. The number of nitrogens with zero attached hydrogens (tertiary/aromatic N) is 4. The van der Waals surface area contributed by atoms with Gasteiger partial charge < -0.3 is 14.5 Å². The summed E-state index contributed by atoms with van der Waals surface area (Å²) >= 11 is 0. The minimum atomic E-state index is -0.468. The minimum Gasteiger partial charge on any atom is -0.444 e. The van der Waals surface area contributed by atoms with Crippen molar-refractivity contribution < 1.29 is 9.53 Å². The Labute approximate surface area is 132 Å². The third-order valence-electron chi connectivity index (χ3n) is 3.67. The quantitative estimate of drug-likeness (QED) is 0.840. The zero-order valence-electron chi connectivity index (χ0n) is 14.4. The van der Waals surface area contributed by atoms with Crippen LogP contribution in [0.15, 0.2) is 6.07 Å². The van der Waals surface area contributed by atoms with E-state index in [9.17, 15) is 4.79 Å². The van der Waals surface area contributed by atoms with Gasteiger partial charge in [-0.05, 0) is 41.0 Å². The van der Waals surface area contributed by atoms with Crippen molar-refractivity contribution in [3.05, 3.63) is 17.6 Å². The fourth-order valence-corrected chi connectivity index (χ4v) is 2.61. The van der Waals surface area contributed by atoms with Crippen molar-refractivity contribution in [2.24, 2.45) is 0 Å². The van der Waals surface area contributed by atoms with Crippen LogP contribution in [-0.2, 0) is 4.74 Å². The first-order chi connectivity index (χ1) is 10.2. The number of carbonyl (C=O) groups excluding carboxylic acids is 1. The normalized spacial score (nSPS) is 18.5. The fourth-order valence-electron chi connectivity index (χ4n) is 2.61. The Hall–Kier alpha value is -1.85. The van der Waals surface area contributed by atoms with Crippen LogP contribution in [-0.4, -0.2) is 52.7 Å². The third kappa shape index (κ3) is 4.08. The summed E-state index contributed by atoms with van der Waals surface area (Å²) in [5.74, 6) is 1.71. The van der Waals surface area contributed by atoms with Crippen LogP contribution in [0.3, 0.4) is 0 Å². The molecular weight excluding hydrogens is 280 g/mol. The van der Waals surface area contributed by atoms with Gasteiger partial charge in [-0.25, -0.2) is 14.8 Å². The number of aryl methyl sites for hydroxylation is 2. The zero-order valence-corrected chi connectivity index (χ0v) is 14.4. The Balaban J connectivity index is 2.01. The second-order valence-corrected chi connectivity index (χ2v) is 6.89. The Morgan fingerprint density at radius 2 is 2.05 bits per heavy atom. The maximum absolute atomic E-state index is 12.2. The predicted molar refractivity (Wildman–Crippen MR) is 86.1 cm³/mol. The molecule has 0 N–H and O–H groups in total. The largest absolute Gasteiger partial charge is 0.444 e. The minimum absolute atomic E-state index is 0.144. The maximum atomic E-state index is 12.2. The smallest absolute Gasteiger partial charge is 0.410 e. The van der Waals surface area contributed by atoms with Crippen LogP contribution in [0.4, 0.5) is 10.6 Å². The first-order valence-corrected chi connectivity index (χ1v) is 7.69. The number of anilines is 1. The number of ether oxygens (including phenoxy) is 1. The molecule has 0 spiro atoms. The Kier molecular flexibility index (Phi) is 4.58. The summed E-state index contributed by atoms with van der Waals surface area (Å²) in [6, 6.07) is 2.13. The zero-order chi connectivity index (χ0) is 16.5. The average Bonchev–Trinajstić information content (AvgIpc) is 2.84. The molecule has 1 aliphatic heterocycles. The summed E-state index contributed by atoms with van der Waals surface area (Å²) in [5.41, 5.74) is 0.497. The highest BCUT2D eigenvalue weighted by Gasteiger charge is 2.31. The second-order valence-electron chi connectivity index (χ2n) is 6.89. The molecule has 1 fully saturated rings. The Bertz CT molecular complexity index is 533. The molecule has 1 aliphatic rings. The molecule has 0 aliphatic carbocycles. The first-order valence-electron chi connectivity index (χ1n) is 7.69. The molecule has 1 aromatic heterocycles. The summed E-state index contributed by atoms with van der Waals surface area (Å²) in [6.07, 6.45) is 0.645. The monoisotopic (exact) mass is 306 g/mol. The van der Waals surface area contributed by atoms with Crippen molar-refractivity contribution in [2.45, 2.75) is 52.7 Å². The molecule has 2 rings (SSSR count). The number of hydrogen-bond acceptors (Lipinski definition) is 5. The van der Waals surface area contributed by atoms with E-state index in [1.807, 2.05) is 40.7 Å². The third-order valence-corrected chi connectivity index (χ3v) is 3.67. The van der Waals surface area contributed by atoms with Gasteiger partial charge in [-0.1, -0.05) is 0 Å². The number of carbonyl (C=O) groups is 1. The summed E-state index contributed by atoms with van der Waals surface area (Å²) in [6.45, 7) is 11.2. The van der Waals surface area contributed by atoms with Crippen molar-refractivity contribution in [3.63, 3.8) is 0 Å². The standard InChI is InChI=1S/C16H26N4O2/c1-11-9-14(18-12(2)17-11)20-8-7-13(10-20)19(6)15(21)22-16(3,4)5/h9,13H,7-8,10H2,1-6H3/t13-/m0/s1. The van der Waals surface area contributed by atoms with Crippen LogP contribution in [0.2, 0.25) is 0 Å². The van der Waals surface area contributed by atoms with Gasteiger partial charge in [0.25, 0.3) is 0 Å². The van der Waals surface area contributed by atoms with Gasteiger partial charge in [-0.3, -0.25) is 0 Å². The van der Waals surface area contributed by atoms with Gasteiger partial charge in [0.05, 0.1) is 6.04 Å². The van der Waals surface area contributed by atoms with E-state index in [0.717, 1.165) is 36.8 Å². The number of aromatic nitrogens is 2. The van der Waals surface area contributed by atoms with Crippen molar-refractivity contribution >= 4 is 11.9 Å². The average molecular weight is 306 g/mol. The molecule has 22 heavy (non-hydrogen) atoms. The van der Waals surface area contributed by atoms with Gasteiger partial charge in [0.1, 0.15) is 17.2 Å². The highest BCUT2D eigenvalue weighted by Crippen LogP contribution is 2.22. The van der Waals surface area contributed by atoms with Gasteiger partial charge in [0.2, 0.25) is 0 Å².